The largest absolute Gasteiger partial charge is 0.329 e. The van der Waals surface area contributed by atoms with Crippen LogP contribution in [0.3, 0.4) is 0 Å². The second-order valence-corrected chi connectivity index (χ2v) is 3.77. The highest BCUT2D eigenvalue weighted by molar-refractivity contribution is 6.29. The first-order valence-electron chi connectivity index (χ1n) is 4.78. The Morgan fingerprint density at radius 3 is 2.88 bits per heavy atom. The molecule has 88 valence electrons. The van der Waals surface area contributed by atoms with Gasteiger partial charge in [0.25, 0.3) is 5.56 Å². The second-order valence-electron chi connectivity index (χ2n) is 3.43. The van der Waals surface area contributed by atoms with Crippen LogP contribution >= 0.6 is 11.6 Å². The number of H-pyrrole nitrogens is 1. The van der Waals surface area contributed by atoms with Gasteiger partial charge in [-0.15, -0.1) is 0 Å². The molecule has 0 atom stereocenters. The number of aryl methyl sites for hydroxylation is 2. The highest BCUT2D eigenvalue weighted by atomic mass is 35.5. The van der Waals surface area contributed by atoms with E-state index >= 15 is 0 Å². The fourth-order valence-electron chi connectivity index (χ4n) is 1.57. The van der Waals surface area contributed by atoms with Crippen molar-refractivity contribution in [2.45, 2.75) is 13.0 Å². The Balaban J connectivity index is 2.83. The Hall–Kier alpha value is -2.07. The molecule has 0 radical (unpaired) electrons. The highest BCUT2D eigenvalue weighted by Crippen LogP contribution is 2.15. The van der Waals surface area contributed by atoms with Gasteiger partial charge in [-0.05, 0) is 11.6 Å². The molecule has 0 aliphatic heterocycles. The Morgan fingerprint density at radius 2 is 2.24 bits per heavy atom. The summed E-state index contributed by atoms with van der Waals surface area (Å²) in [4.78, 5) is 29.1. The molecule has 0 saturated heterocycles. The first-order chi connectivity index (χ1) is 8.06. The summed E-state index contributed by atoms with van der Waals surface area (Å²) in [7, 11) is 1.48. The van der Waals surface area contributed by atoms with E-state index in [1.54, 1.807) is 0 Å². The van der Waals surface area contributed by atoms with Gasteiger partial charge in [-0.1, -0.05) is 0 Å². The molecule has 0 amide bonds. The van der Waals surface area contributed by atoms with Crippen molar-refractivity contribution in [3.63, 3.8) is 0 Å². The summed E-state index contributed by atoms with van der Waals surface area (Å²) in [6.45, 7) is 0.257. The van der Waals surface area contributed by atoms with Crippen LogP contribution in [0.5, 0.6) is 0 Å². The number of halogens is 1. The van der Waals surface area contributed by atoms with Crippen molar-refractivity contribution in [3.8, 4) is 6.07 Å². The van der Waals surface area contributed by atoms with Crippen molar-refractivity contribution >= 4 is 22.8 Å². The van der Waals surface area contributed by atoms with E-state index in [9.17, 15) is 9.59 Å². The van der Waals surface area contributed by atoms with Crippen molar-refractivity contribution in [2.24, 2.45) is 7.05 Å². The number of aromatic nitrogens is 4. The molecule has 2 heterocycles. The van der Waals surface area contributed by atoms with E-state index < -0.39 is 11.2 Å². The number of nitrogens with zero attached hydrogens (tertiary/aromatic N) is 4. The first kappa shape index (κ1) is 11.4. The summed E-state index contributed by atoms with van der Waals surface area (Å²) in [6.07, 6.45) is 0.202. The summed E-state index contributed by atoms with van der Waals surface area (Å²) in [5, 5.41) is 8.61. The molecule has 2 aromatic heterocycles. The van der Waals surface area contributed by atoms with Crippen molar-refractivity contribution in [2.75, 3.05) is 0 Å². The van der Waals surface area contributed by atoms with Gasteiger partial charge in [-0.3, -0.25) is 14.3 Å². The zero-order valence-corrected chi connectivity index (χ0v) is 9.65. The smallest absolute Gasteiger partial charge is 0.308 e. The van der Waals surface area contributed by atoms with E-state index in [1.807, 2.05) is 6.07 Å². The lowest BCUT2D eigenvalue weighted by atomic mass is 10.4. The van der Waals surface area contributed by atoms with Crippen LogP contribution in [-0.2, 0) is 13.6 Å². The van der Waals surface area contributed by atoms with Gasteiger partial charge >= 0.3 is 5.69 Å². The van der Waals surface area contributed by atoms with Crippen LogP contribution < -0.4 is 11.2 Å². The standard InChI is InChI=1S/C9H8ClN5O2/c1-14-6-5(7(16)13-9(14)17)15(4-2-3-11)8(10)12-6/h2,4H2,1H3,(H,13,16,17). The lowest BCUT2D eigenvalue weighted by Gasteiger charge is -2.01. The number of nitrogens with one attached hydrogen (secondary N) is 1. The van der Waals surface area contributed by atoms with Crippen molar-refractivity contribution in [3.05, 3.63) is 26.1 Å². The molecule has 1 N–H and O–H groups in total. The third-order valence-electron chi connectivity index (χ3n) is 2.41. The maximum absolute atomic E-state index is 11.7. The number of hydrogen-bond acceptors (Lipinski definition) is 4. The summed E-state index contributed by atoms with van der Waals surface area (Å²) in [5.41, 5.74) is -0.696. The quantitative estimate of drug-likeness (QED) is 0.762. The third kappa shape index (κ3) is 1.72. The number of nitriles is 1. The Kier molecular flexibility index (Phi) is 2.73. The predicted octanol–water partition coefficient (Wildman–Crippen LogP) is -0.00962. The van der Waals surface area contributed by atoms with Crippen LogP contribution in [-0.4, -0.2) is 19.1 Å². The molecular weight excluding hydrogens is 246 g/mol. The Labute approximate surface area is 99.9 Å². The monoisotopic (exact) mass is 253 g/mol. The first-order valence-corrected chi connectivity index (χ1v) is 5.16. The predicted molar refractivity (Wildman–Crippen MR) is 60.8 cm³/mol. The van der Waals surface area contributed by atoms with Crippen molar-refractivity contribution in [1.29, 1.82) is 5.26 Å². The van der Waals surface area contributed by atoms with E-state index in [2.05, 4.69) is 9.97 Å². The molecule has 0 fully saturated rings. The molecule has 0 spiro atoms. The highest BCUT2D eigenvalue weighted by Gasteiger charge is 2.15. The zero-order valence-electron chi connectivity index (χ0n) is 8.90. The fraction of sp³-hybridized carbons (Fsp3) is 0.333. The van der Waals surface area contributed by atoms with Gasteiger partial charge in [0, 0.05) is 13.6 Å². The summed E-state index contributed by atoms with van der Waals surface area (Å²) in [5.74, 6) is 0. The molecule has 17 heavy (non-hydrogen) atoms. The number of imidazole rings is 1. The average molecular weight is 254 g/mol. The zero-order chi connectivity index (χ0) is 12.6. The minimum Gasteiger partial charge on any atom is -0.308 e. The maximum Gasteiger partial charge on any atom is 0.329 e. The molecule has 7 nitrogen and oxygen atoms in total. The van der Waals surface area contributed by atoms with Gasteiger partial charge in [-0.2, -0.15) is 10.2 Å². The molecular formula is C9H8ClN5O2. The van der Waals surface area contributed by atoms with Crippen LogP contribution in [0.2, 0.25) is 5.28 Å². The lowest BCUT2D eigenvalue weighted by molar-refractivity contribution is 0.732. The molecule has 0 aromatic carbocycles. The van der Waals surface area contributed by atoms with Crippen LogP contribution in [0.1, 0.15) is 6.42 Å². The van der Waals surface area contributed by atoms with E-state index in [0.717, 1.165) is 0 Å². The van der Waals surface area contributed by atoms with Gasteiger partial charge in [0.1, 0.15) is 0 Å². The lowest BCUT2D eigenvalue weighted by Crippen LogP contribution is -2.29. The minimum absolute atomic E-state index is 0.0851. The second kappa shape index (κ2) is 4.07. The number of hydrogen-bond donors (Lipinski definition) is 1. The average Bonchev–Trinajstić information content (AvgIpc) is 2.61. The van der Waals surface area contributed by atoms with E-state index in [-0.39, 0.29) is 29.4 Å². The molecule has 0 bridgehead atoms. The Morgan fingerprint density at radius 1 is 1.53 bits per heavy atom. The van der Waals surface area contributed by atoms with Gasteiger partial charge in [0.15, 0.2) is 11.2 Å². The molecule has 0 unspecified atom stereocenters. The van der Waals surface area contributed by atoms with Gasteiger partial charge in [-0.25, -0.2) is 4.79 Å². The van der Waals surface area contributed by atoms with E-state index in [4.69, 9.17) is 16.9 Å². The molecule has 0 saturated carbocycles. The van der Waals surface area contributed by atoms with Crippen molar-refractivity contribution < 1.29 is 0 Å². The minimum atomic E-state index is -0.555. The number of aromatic amines is 1. The third-order valence-corrected chi connectivity index (χ3v) is 2.70. The molecule has 2 rings (SSSR count). The molecule has 0 aliphatic rings. The molecule has 2 aromatic rings. The Bertz CT molecular complexity index is 733. The SMILES string of the molecule is Cn1c(=O)[nH]c(=O)c2c1nc(Cl)n2CCC#N. The molecule has 0 aliphatic carbocycles. The van der Waals surface area contributed by atoms with E-state index in [1.165, 1.54) is 16.2 Å². The number of rotatable bonds is 2. The van der Waals surface area contributed by atoms with Crippen LogP contribution in [0.25, 0.3) is 11.2 Å². The summed E-state index contributed by atoms with van der Waals surface area (Å²) in [6, 6.07) is 1.96. The fourth-order valence-corrected chi connectivity index (χ4v) is 1.82. The topological polar surface area (TPSA) is 96.5 Å². The van der Waals surface area contributed by atoms with Crippen LogP contribution in [0.4, 0.5) is 0 Å². The number of fused-ring (bicyclic) bond motifs is 1. The van der Waals surface area contributed by atoms with Gasteiger partial charge < -0.3 is 4.57 Å². The van der Waals surface area contributed by atoms with E-state index in [0.29, 0.717) is 0 Å². The van der Waals surface area contributed by atoms with Crippen LogP contribution in [0, 0.1) is 11.3 Å². The normalized spacial score (nSPS) is 10.6. The van der Waals surface area contributed by atoms with Crippen LogP contribution in [0.15, 0.2) is 9.59 Å². The van der Waals surface area contributed by atoms with Crippen molar-refractivity contribution in [1.82, 2.24) is 19.1 Å². The summed E-state index contributed by atoms with van der Waals surface area (Å²) < 4.78 is 2.61. The van der Waals surface area contributed by atoms with Gasteiger partial charge in [0.05, 0.1) is 12.5 Å². The maximum atomic E-state index is 11.7. The summed E-state index contributed by atoms with van der Waals surface area (Å²) >= 11 is 5.87. The molecule has 8 heteroatoms. The van der Waals surface area contributed by atoms with Gasteiger partial charge in [0.2, 0.25) is 5.28 Å².